The molecule has 0 spiro atoms. The monoisotopic (exact) mass is 569 g/mol. The second-order valence-electron chi connectivity index (χ2n) is 11.5. The molecule has 2 rings (SSSR count). The highest BCUT2D eigenvalue weighted by Gasteiger charge is 2.36. The molecule has 7 nitrogen and oxygen atoms in total. The number of unbranched alkanes of at least 4 members (excludes halogenated alkanes) is 3. The van der Waals surface area contributed by atoms with Crippen molar-refractivity contribution in [2.24, 2.45) is 0 Å². The Labute approximate surface area is 245 Å². The SMILES string of the molecule is CCCCCCN(C(=O)C(CS)NC(=O)OC(C)(C)C)C(C(=O)Nc1c(C)cccc1C)c1cc(C)ccc1C. The summed E-state index contributed by atoms with van der Waals surface area (Å²) in [6, 6.07) is 9.90. The molecule has 0 aliphatic carbocycles. The number of ether oxygens (including phenoxy) is 1. The van der Waals surface area contributed by atoms with Gasteiger partial charge in [0.2, 0.25) is 5.91 Å². The first-order chi connectivity index (χ1) is 18.8. The van der Waals surface area contributed by atoms with Crippen molar-refractivity contribution in [3.8, 4) is 0 Å². The van der Waals surface area contributed by atoms with Gasteiger partial charge < -0.3 is 20.3 Å². The molecule has 3 amide bonds. The summed E-state index contributed by atoms with van der Waals surface area (Å²) >= 11 is 4.39. The zero-order chi connectivity index (χ0) is 30.0. The number of thiol groups is 1. The van der Waals surface area contributed by atoms with Gasteiger partial charge in [0.05, 0.1) is 0 Å². The van der Waals surface area contributed by atoms with Gasteiger partial charge in [0.25, 0.3) is 5.91 Å². The Morgan fingerprint density at radius 3 is 2.17 bits per heavy atom. The van der Waals surface area contributed by atoms with E-state index in [1.54, 1.807) is 25.7 Å². The van der Waals surface area contributed by atoms with E-state index in [1.807, 2.05) is 64.1 Å². The summed E-state index contributed by atoms with van der Waals surface area (Å²) in [5.41, 5.74) is 4.53. The van der Waals surface area contributed by atoms with Gasteiger partial charge in [-0.05, 0) is 77.1 Å². The molecule has 0 saturated heterocycles. The molecule has 0 aromatic heterocycles. The highest BCUT2D eigenvalue weighted by Crippen LogP contribution is 2.30. The summed E-state index contributed by atoms with van der Waals surface area (Å²) in [4.78, 5) is 42.6. The van der Waals surface area contributed by atoms with E-state index in [2.05, 4.69) is 30.2 Å². The van der Waals surface area contributed by atoms with Crippen LogP contribution in [0.2, 0.25) is 0 Å². The Morgan fingerprint density at radius 2 is 1.60 bits per heavy atom. The lowest BCUT2D eigenvalue weighted by Gasteiger charge is -2.35. The van der Waals surface area contributed by atoms with E-state index in [0.717, 1.165) is 59.2 Å². The van der Waals surface area contributed by atoms with Crippen LogP contribution in [-0.4, -0.2) is 46.7 Å². The van der Waals surface area contributed by atoms with Crippen LogP contribution in [-0.2, 0) is 14.3 Å². The average Bonchev–Trinajstić information content (AvgIpc) is 2.87. The molecular weight excluding hydrogens is 522 g/mol. The maximum Gasteiger partial charge on any atom is 0.408 e. The average molecular weight is 570 g/mol. The molecule has 0 fully saturated rings. The summed E-state index contributed by atoms with van der Waals surface area (Å²) in [7, 11) is 0. The third-order valence-corrected chi connectivity index (χ3v) is 7.09. The highest BCUT2D eigenvalue weighted by molar-refractivity contribution is 7.80. The lowest BCUT2D eigenvalue weighted by Crippen LogP contribution is -2.53. The number of hydrogen-bond acceptors (Lipinski definition) is 5. The van der Waals surface area contributed by atoms with Crippen molar-refractivity contribution in [1.82, 2.24) is 10.2 Å². The highest BCUT2D eigenvalue weighted by atomic mass is 32.1. The van der Waals surface area contributed by atoms with Crippen LogP contribution in [0.25, 0.3) is 0 Å². The molecule has 0 heterocycles. The van der Waals surface area contributed by atoms with Crippen molar-refractivity contribution in [3.63, 3.8) is 0 Å². The first-order valence-electron chi connectivity index (χ1n) is 14.1. The summed E-state index contributed by atoms with van der Waals surface area (Å²) in [5, 5.41) is 5.81. The number of carbonyl (C=O) groups is 3. The fourth-order valence-electron chi connectivity index (χ4n) is 4.62. The van der Waals surface area contributed by atoms with Crippen LogP contribution in [0.4, 0.5) is 10.5 Å². The van der Waals surface area contributed by atoms with Gasteiger partial charge in [0.15, 0.2) is 0 Å². The van der Waals surface area contributed by atoms with Crippen LogP contribution in [0.1, 0.15) is 87.2 Å². The van der Waals surface area contributed by atoms with Crippen molar-refractivity contribution in [3.05, 3.63) is 64.2 Å². The minimum absolute atomic E-state index is 0.0571. The zero-order valence-corrected chi connectivity index (χ0v) is 26.3. The molecular formula is C32H47N3O4S. The third kappa shape index (κ3) is 9.58. The zero-order valence-electron chi connectivity index (χ0n) is 25.4. The third-order valence-electron chi connectivity index (χ3n) is 6.73. The number of hydrogen-bond donors (Lipinski definition) is 3. The van der Waals surface area contributed by atoms with Gasteiger partial charge in [-0.15, -0.1) is 0 Å². The number of nitrogens with one attached hydrogen (secondary N) is 2. The molecule has 8 heteroatoms. The van der Waals surface area contributed by atoms with E-state index in [-0.39, 0.29) is 17.6 Å². The standard InChI is InChI=1S/C32H47N3O4S/c1-9-10-11-12-18-35(30(37)26(20-40)33-31(38)39-32(6,7)8)28(25-19-21(2)16-17-22(25)3)29(36)34-27-23(4)14-13-15-24(27)5/h13-17,19,26,28,40H,9-12,18,20H2,1-8H3,(H,33,38)(H,34,36). The summed E-state index contributed by atoms with van der Waals surface area (Å²) in [6.45, 7) is 15.6. The Morgan fingerprint density at radius 1 is 0.950 bits per heavy atom. The lowest BCUT2D eigenvalue weighted by molar-refractivity contribution is -0.140. The molecule has 0 bridgehead atoms. The largest absolute Gasteiger partial charge is 0.444 e. The topological polar surface area (TPSA) is 87.7 Å². The van der Waals surface area contributed by atoms with Crippen LogP contribution in [0.15, 0.2) is 36.4 Å². The van der Waals surface area contributed by atoms with Gasteiger partial charge in [0.1, 0.15) is 17.7 Å². The van der Waals surface area contributed by atoms with Gasteiger partial charge in [-0.2, -0.15) is 12.6 Å². The molecule has 2 atom stereocenters. The number of amides is 3. The number of para-hydroxylation sites is 1. The molecule has 0 radical (unpaired) electrons. The molecule has 2 unspecified atom stereocenters. The number of anilines is 1. The van der Waals surface area contributed by atoms with Crippen LogP contribution in [0.3, 0.4) is 0 Å². The van der Waals surface area contributed by atoms with Crippen LogP contribution >= 0.6 is 12.6 Å². The Balaban J connectivity index is 2.58. The number of aryl methyl sites for hydroxylation is 4. The molecule has 0 aliphatic rings. The number of alkyl carbamates (subject to hydrolysis) is 1. The maximum atomic E-state index is 14.2. The quantitative estimate of drug-likeness (QED) is 0.193. The van der Waals surface area contributed by atoms with E-state index in [0.29, 0.717) is 6.54 Å². The van der Waals surface area contributed by atoms with Gasteiger partial charge >= 0.3 is 6.09 Å². The Bertz CT molecular complexity index is 1150. The van der Waals surface area contributed by atoms with Crippen molar-refractivity contribution < 1.29 is 19.1 Å². The minimum Gasteiger partial charge on any atom is -0.444 e. The van der Waals surface area contributed by atoms with E-state index in [1.165, 1.54) is 0 Å². The molecule has 0 saturated carbocycles. The number of carbonyl (C=O) groups excluding carboxylic acids is 3. The van der Waals surface area contributed by atoms with Gasteiger partial charge in [-0.3, -0.25) is 9.59 Å². The normalized spacial score (nSPS) is 12.8. The number of nitrogens with zero attached hydrogens (tertiary/aromatic N) is 1. The van der Waals surface area contributed by atoms with Crippen molar-refractivity contribution in [1.29, 1.82) is 0 Å². The minimum atomic E-state index is -0.968. The second kappa shape index (κ2) is 15.1. The first-order valence-corrected chi connectivity index (χ1v) is 14.8. The molecule has 40 heavy (non-hydrogen) atoms. The van der Waals surface area contributed by atoms with Crippen molar-refractivity contribution in [2.75, 3.05) is 17.6 Å². The fraction of sp³-hybridized carbons (Fsp3) is 0.531. The number of benzene rings is 2. The van der Waals surface area contributed by atoms with Gasteiger partial charge in [-0.1, -0.05) is 68.1 Å². The summed E-state index contributed by atoms with van der Waals surface area (Å²) in [5.74, 6) is -0.619. The predicted octanol–water partition coefficient (Wildman–Crippen LogP) is 6.83. The number of rotatable bonds is 12. The van der Waals surface area contributed by atoms with E-state index in [4.69, 9.17) is 4.74 Å². The van der Waals surface area contributed by atoms with Crippen molar-refractivity contribution >= 4 is 36.2 Å². The Hall–Kier alpha value is -3.00. The molecule has 220 valence electrons. The maximum absolute atomic E-state index is 14.2. The molecule has 0 aliphatic heterocycles. The van der Waals surface area contributed by atoms with E-state index < -0.39 is 23.8 Å². The predicted molar refractivity (Wildman–Crippen MR) is 166 cm³/mol. The fourth-order valence-corrected chi connectivity index (χ4v) is 4.87. The van der Waals surface area contributed by atoms with E-state index in [9.17, 15) is 14.4 Å². The van der Waals surface area contributed by atoms with Crippen LogP contribution in [0.5, 0.6) is 0 Å². The van der Waals surface area contributed by atoms with Gasteiger partial charge in [0, 0.05) is 18.0 Å². The first kappa shape index (κ1) is 33.2. The second-order valence-corrected chi connectivity index (χ2v) is 11.9. The van der Waals surface area contributed by atoms with Crippen LogP contribution < -0.4 is 10.6 Å². The Kier molecular flexibility index (Phi) is 12.6. The summed E-state index contributed by atoms with van der Waals surface area (Å²) in [6.07, 6.45) is 3.01. The lowest BCUT2D eigenvalue weighted by atomic mass is 9.95. The van der Waals surface area contributed by atoms with Gasteiger partial charge in [-0.25, -0.2) is 4.79 Å². The van der Waals surface area contributed by atoms with Crippen molar-refractivity contribution in [2.45, 2.75) is 98.8 Å². The smallest absolute Gasteiger partial charge is 0.408 e. The molecule has 2 N–H and O–H groups in total. The molecule has 2 aromatic carbocycles. The van der Waals surface area contributed by atoms with Crippen LogP contribution in [0, 0.1) is 27.7 Å². The van der Waals surface area contributed by atoms with E-state index >= 15 is 0 Å². The molecule has 2 aromatic rings. The summed E-state index contributed by atoms with van der Waals surface area (Å²) < 4.78 is 5.41.